The smallest absolute Gasteiger partial charge is 0.416 e. The summed E-state index contributed by atoms with van der Waals surface area (Å²) in [6, 6.07) is 19.0. The molecule has 0 bridgehead atoms. The van der Waals surface area contributed by atoms with Crippen molar-refractivity contribution in [2.24, 2.45) is 0 Å². The highest BCUT2D eigenvalue weighted by Crippen LogP contribution is 2.35. The number of ether oxygens (including phenoxy) is 1. The van der Waals surface area contributed by atoms with E-state index in [4.69, 9.17) is 4.74 Å². The molecule has 1 fully saturated rings. The van der Waals surface area contributed by atoms with Gasteiger partial charge < -0.3 is 20.3 Å². The standard InChI is InChI=1S/C31H34F3N3O3/c1-21-8-9-24(10-13-30(39)37-15-14-35-20-27(37)17-23-6-4-3-5-7-23)29(16-21)40-28-12-11-26(31(32,33)34)18-25(28)19-36-22(2)38/h3-9,11-12,16,18,27,35H,10,13-15,17,19-20H2,1-2H3,(H,36,38)/t27-/m1/s1. The summed E-state index contributed by atoms with van der Waals surface area (Å²) in [5.74, 6) is 0.370. The van der Waals surface area contributed by atoms with Gasteiger partial charge in [0, 0.05) is 51.1 Å². The Morgan fingerprint density at radius 2 is 1.80 bits per heavy atom. The quantitative estimate of drug-likeness (QED) is 0.372. The van der Waals surface area contributed by atoms with E-state index in [1.165, 1.54) is 18.6 Å². The van der Waals surface area contributed by atoms with Crippen LogP contribution in [0, 0.1) is 6.92 Å². The minimum Gasteiger partial charge on any atom is -0.457 e. The number of hydrogen-bond donors (Lipinski definition) is 2. The summed E-state index contributed by atoms with van der Waals surface area (Å²) in [7, 11) is 0. The molecule has 4 rings (SSSR count). The van der Waals surface area contributed by atoms with Crippen LogP contribution in [-0.4, -0.2) is 42.4 Å². The van der Waals surface area contributed by atoms with Gasteiger partial charge in [-0.1, -0.05) is 42.5 Å². The van der Waals surface area contributed by atoms with E-state index in [9.17, 15) is 22.8 Å². The number of piperazine rings is 1. The Hall–Kier alpha value is -3.85. The molecule has 0 saturated carbocycles. The first-order valence-corrected chi connectivity index (χ1v) is 13.4. The molecule has 0 unspecified atom stereocenters. The molecular formula is C31H34F3N3O3. The highest BCUT2D eigenvalue weighted by molar-refractivity contribution is 5.77. The van der Waals surface area contributed by atoms with Crippen molar-refractivity contribution >= 4 is 11.8 Å². The number of hydrogen-bond acceptors (Lipinski definition) is 4. The van der Waals surface area contributed by atoms with Gasteiger partial charge in [0.05, 0.1) is 5.56 Å². The Kier molecular flexibility index (Phi) is 9.47. The lowest BCUT2D eigenvalue weighted by molar-refractivity contribution is -0.137. The molecule has 3 aromatic rings. The van der Waals surface area contributed by atoms with Crippen molar-refractivity contribution in [1.29, 1.82) is 0 Å². The Morgan fingerprint density at radius 1 is 1.02 bits per heavy atom. The van der Waals surface area contributed by atoms with Crippen molar-refractivity contribution in [3.8, 4) is 11.5 Å². The van der Waals surface area contributed by atoms with E-state index < -0.39 is 11.7 Å². The molecule has 2 N–H and O–H groups in total. The number of benzene rings is 3. The molecule has 40 heavy (non-hydrogen) atoms. The Labute approximate surface area is 232 Å². The van der Waals surface area contributed by atoms with Gasteiger partial charge in [-0.2, -0.15) is 13.2 Å². The van der Waals surface area contributed by atoms with Gasteiger partial charge in [-0.3, -0.25) is 9.59 Å². The number of halogens is 3. The second-order valence-electron chi connectivity index (χ2n) is 10.1. The summed E-state index contributed by atoms with van der Waals surface area (Å²) < 4.78 is 46.2. The van der Waals surface area contributed by atoms with Gasteiger partial charge in [0.15, 0.2) is 0 Å². The fourth-order valence-electron chi connectivity index (χ4n) is 4.84. The van der Waals surface area contributed by atoms with Crippen LogP contribution in [0.15, 0.2) is 66.7 Å². The van der Waals surface area contributed by atoms with E-state index in [1.54, 1.807) is 0 Å². The number of carbonyl (C=O) groups is 2. The van der Waals surface area contributed by atoms with Crippen molar-refractivity contribution in [1.82, 2.24) is 15.5 Å². The highest BCUT2D eigenvalue weighted by Gasteiger charge is 2.31. The lowest BCUT2D eigenvalue weighted by atomic mass is 10.0. The average Bonchev–Trinajstić information content (AvgIpc) is 2.92. The first-order chi connectivity index (χ1) is 19.1. The van der Waals surface area contributed by atoms with Crippen LogP contribution < -0.4 is 15.4 Å². The highest BCUT2D eigenvalue weighted by atomic mass is 19.4. The largest absolute Gasteiger partial charge is 0.457 e. The van der Waals surface area contributed by atoms with Gasteiger partial charge in [-0.05, 0) is 60.7 Å². The molecular weight excluding hydrogens is 519 g/mol. The lowest BCUT2D eigenvalue weighted by Gasteiger charge is -2.36. The summed E-state index contributed by atoms with van der Waals surface area (Å²) in [6.45, 7) is 5.17. The summed E-state index contributed by atoms with van der Waals surface area (Å²) in [5, 5.41) is 5.93. The Bertz CT molecular complexity index is 1330. The molecule has 3 aromatic carbocycles. The zero-order valence-electron chi connectivity index (χ0n) is 22.7. The van der Waals surface area contributed by atoms with Crippen LogP contribution in [0.1, 0.15) is 41.2 Å². The van der Waals surface area contributed by atoms with Crippen molar-refractivity contribution in [2.75, 3.05) is 19.6 Å². The van der Waals surface area contributed by atoms with Crippen molar-refractivity contribution < 1.29 is 27.5 Å². The molecule has 1 atom stereocenters. The van der Waals surface area contributed by atoms with Crippen LogP contribution in [-0.2, 0) is 35.2 Å². The third kappa shape index (κ3) is 7.85. The van der Waals surface area contributed by atoms with Crippen molar-refractivity contribution in [3.05, 3.63) is 94.5 Å². The fourth-order valence-corrected chi connectivity index (χ4v) is 4.84. The maximum absolute atomic E-state index is 13.4. The second-order valence-corrected chi connectivity index (χ2v) is 10.1. The first kappa shape index (κ1) is 29.1. The van der Waals surface area contributed by atoms with E-state index in [2.05, 4.69) is 22.8 Å². The van der Waals surface area contributed by atoms with E-state index in [0.717, 1.165) is 42.8 Å². The number of aryl methyl sites for hydroxylation is 2. The summed E-state index contributed by atoms with van der Waals surface area (Å²) in [6.07, 6.45) is -3.07. The first-order valence-electron chi connectivity index (χ1n) is 13.4. The van der Waals surface area contributed by atoms with Gasteiger partial charge in [-0.25, -0.2) is 0 Å². The van der Waals surface area contributed by atoms with Crippen LogP contribution in [0.4, 0.5) is 13.2 Å². The molecule has 9 heteroatoms. The van der Waals surface area contributed by atoms with Crippen molar-refractivity contribution in [3.63, 3.8) is 0 Å². The van der Waals surface area contributed by atoms with E-state index >= 15 is 0 Å². The number of amides is 2. The van der Waals surface area contributed by atoms with E-state index in [0.29, 0.717) is 18.7 Å². The molecule has 0 aliphatic carbocycles. The lowest BCUT2D eigenvalue weighted by Crippen LogP contribution is -2.54. The van der Waals surface area contributed by atoms with Crippen LogP contribution in [0.3, 0.4) is 0 Å². The molecule has 6 nitrogen and oxygen atoms in total. The zero-order valence-corrected chi connectivity index (χ0v) is 22.7. The average molecular weight is 554 g/mol. The van der Waals surface area contributed by atoms with Gasteiger partial charge in [-0.15, -0.1) is 0 Å². The summed E-state index contributed by atoms with van der Waals surface area (Å²) in [5.41, 5.74) is 2.24. The van der Waals surface area contributed by atoms with Gasteiger partial charge in [0.2, 0.25) is 11.8 Å². The minimum atomic E-state index is -4.53. The number of nitrogens with zero attached hydrogens (tertiary/aromatic N) is 1. The molecule has 0 spiro atoms. The normalized spacial score (nSPS) is 15.5. The molecule has 1 aliphatic rings. The third-order valence-electron chi connectivity index (χ3n) is 6.95. The molecule has 1 aliphatic heterocycles. The van der Waals surface area contributed by atoms with Crippen LogP contribution in [0.25, 0.3) is 0 Å². The van der Waals surface area contributed by atoms with Gasteiger partial charge in [0.25, 0.3) is 0 Å². The number of nitrogens with one attached hydrogen (secondary N) is 2. The molecule has 1 saturated heterocycles. The molecule has 0 radical (unpaired) electrons. The number of rotatable bonds is 9. The molecule has 212 valence electrons. The second kappa shape index (κ2) is 13.0. The van der Waals surface area contributed by atoms with Crippen LogP contribution in [0.2, 0.25) is 0 Å². The molecule has 0 aromatic heterocycles. The monoisotopic (exact) mass is 553 g/mol. The topological polar surface area (TPSA) is 70.7 Å². The van der Waals surface area contributed by atoms with Crippen LogP contribution >= 0.6 is 0 Å². The minimum absolute atomic E-state index is 0.0508. The molecule has 2 amide bonds. The zero-order chi connectivity index (χ0) is 28.7. The third-order valence-corrected chi connectivity index (χ3v) is 6.95. The number of carbonyl (C=O) groups excluding carboxylic acids is 2. The van der Waals surface area contributed by atoms with Gasteiger partial charge >= 0.3 is 6.18 Å². The maximum Gasteiger partial charge on any atom is 0.416 e. The van der Waals surface area contributed by atoms with E-state index in [1.807, 2.05) is 48.2 Å². The molecule has 1 heterocycles. The van der Waals surface area contributed by atoms with Crippen LogP contribution in [0.5, 0.6) is 11.5 Å². The van der Waals surface area contributed by atoms with E-state index in [-0.39, 0.29) is 42.1 Å². The summed E-state index contributed by atoms with van der Waals surface area (Å²) in [4.78, 5) is 26.8. The maximum atomic E-state index is 13.4. The summed E-state index contributed by atoms with van der Waals surface area (Å²) >= 11 is 0. The Balaban J connectivity index is 1.50. The Morgan fingerprint density at radius 3 is 2.52 bits per heavy atom. The SMILES string of the molecule is CC(=O)NCc1cc(C(F)(F)F)ccc1Oc1cc(C)ccc1CCC(=O)N1CCNC[C@H]1Cc1ccccc1. The predicted octanol–water partition coefficient (Wildman–Crippen LogP) is 5.42. The number of alkyl halides is 3. The predicted molar refractivity (Wildman–Crippen MR) is 147 cm³/mol. The van der Waals surface area contributed by atoms with Gasteiger partial charge in [0.1, 0.15) is 11.5 Å². The van der Waals surface area contributed by atoms with Crippen molar-refractivity contribution in [2.45, 2.75) is 51.9 Å². The fraction of sp³-hybridized carbons (Fsp3) is 0.355.